The van der Waals surface area contributed by atoms with Crippen molar-refractivity contribution < 1.29 is 28.6 Å². The van der Waals surface area contributed by atoms with Gasteiger partial charge in [-0.3, -0.25) is 9.80 Å². The van der Waals surface area contributed by atoms with Gasteiger partial charge in [-0.2, -0.15) is 0 Å². The number of halogens is 1. The zero-order valence-corrected chi connectivity index (χ0v) is 17.8. The molecule has 0 aromatic heterocycles. The molecule has 0 bridgehead atoms. The average Bonchev–Trinajstić information content (AvgIpc) is 3.11. The molecule has 2 aromatic carbocycles. The van der Waals surface area contributed by atoms with Crippen molar-refractivity contribution in [1.29, 1.82) is 0 Å². The lowest BCUT2D eigenvalue weighted by Crippen LogP contribution is -2.38. The molecule has 8 nitrogen and oxygen atoms in total. The molecule has 5 rings (SSSR count). The highest BCUT2D eigenvalue weighted by Gasteiger charge is 2.57. The van der Waals surface area contributed by atoms with Gasteiger partial charge < -0.3 is 19.5 Å². The minimum Gasteiger partial charge on any atom is -0.497 e. The van der Waals surface area contributed by atoms with E-state index < -0.39 is 18.4 Å². The van der Waals surface area contributed by atoms with Crippen LogP contribution in [0.15, 0.2) is 42.5 Å². The largest absolute Gasteiger partial charge is 0.497 e. The summed E-state index contributed by atoms with van der Waals surface area (Å²) in [6.07, 6.45) is -2.81. The standard InChI is InChI=1S/C23H24FN3O5/c1-25(22(28)29)20-12-27(23(30)32-20)14-5-8-16(19(24)9-14)21-17-10-26(11-18(17)21)13-3-6-15(31-2)7-4-13/h3-9,17-18,20-21H,10-12H2,1-2H3,(H,28,29)/t17-,18+,20-,21?/m0/s1. The Morgan fingerprint density at radius 3 is 2.38 bits per heavy atom. The summed E-state index contributed by atoms with van der Waals surface area (Å²) in [5, 5.41) is 9.07. The van der Waals surface area contributed by atoms with E-state index in [9.17, 15) is 9.59 Å². The van der Waals surface area contributed by atoms with Crippen LogP contribution in [0.4, 0.5) is 25.4 Å². The Morgan fingerprint density at radius 1 is 1.12 bits per heavy atom. The third kappa shape index (κ3) is 3.37. The lowest BCUT2D eigenvalue weighted by atomic mass is 10.0. The van der Waals surface area contributed by atoms with Crippen molar-refractivity contribution in [3.8, 4) is 5.75 Å². The highest BCUT2D eigenvalue weighted by atomic mass is 19.1. The van der Waals surface area contributed by atoms with Gasteiger partial charge >= 0.3 is 12.2 Å². The molecule has 1 unspecified atom stereocenters. The van der Waals surface area contributed by atoms with E-state index in [1.165, 1.54) is 18.0 Å². The van der Waals surface area contributed by atoms with E-state index in [-0.39, 0.29) is 18.3 Å². The van der Waals surface area contributed by atoms with E-state index >= 15 is 4.39 Å². The van der Waals surface area contributed by atoms with Gasteiger partial charge in [0, 0.05) is 25.8 Å². The van der Waals surface area contributed by atoms with E-state index in [1.807, 2.05) is 24.3 Å². The van der Waals surface area contributed by atoms with Gasteiger partial charge in [-0.1, -0.05) is 6.07 Å². The summed E-state index contributed by atoms with van der Waals surface area (Å²) in [6, 6.07) is 12.8. The molecule has 3 fully saturated rings. The van der Waals surface area contributed by atoms with E-state index in [0.29, 0.717) is 23.1 Å². The van der Waals surface area contributed by atoms with Crippen molar-refractivity contribution in [1.82, 2.24) is 4.90 Å². The molecule has 1 N–H and O–H groups in total. The molecule has 2 heterocycles. The summed E-state index contributed by atoms with van der Waals surface area (Å²) < 4.78 is 25.3. The number of likely N-dealkylation sites (N-methyl/N-ethyl adjacent to an activating group) is 1. The molecule has 2 amide bonds. The Morgan fingerprint density at radius 2 is 1.78 bits per heavy atom. The number of cyclic esters (lactones) is 1. The predicted molar refractivity (Wildman–Crippen MR) is 115 cm³/mol. The van der Waals surface area contributed by atoms with Gasteiger partial charge in [0.15, 0.2) is 6.23 Å². The monoisotopic (exact) mass is 441 g/mol. The second kappa shape index (κ2) is 7.58. The molecule has 1 saturated carbocycles. The number of carboxylic acid groups (broad SMARTS) is 1. The number of benzene rings is 2. The maximum Gasteiger partial charge on any atom is 0.416 e. The lowest BCUT2D eigenvalue weighted by Gasteiger charge is -2.23. The number of anilines is 2. The summed E-state index contributed by atoms with van der Waals surface area (Å²) in [4.78, 5) is 27.8. The summed E-state index contributed by atoms with van der Waals surface area (Å²) >= 11 is 0. The van der Waals surface area contributed by atoms with Crippen LogP contribution in [0.5, 0.6) is 5.75 Å². The number of rotatable bonds is 5. The first-order valence-electron chi connectivity index (χ1n) is 10.5. The molecular weight excluding hydrogens is 417 g/mol. The van der Waals surface area contributed by atoms with Crippen molar-refractivity contribution in [2.75, 3.05) is 43.6 Å². The first-order valence-corrected chi connectivity index (χ1v) is 10.5. The molecule has 0 spiro atoms. The van der Waals surface area contributed by atoms with Gasteiger partial charge in [0.05, 0.1) is 19.3 Å². The summed E-state index contributed by atoms with van der Waals surface area (Å²) in [7, 11) is 2.97. The van der Waals surface area contributed by atoms with Crippen molar-refractivity contribution in [3.63, 3.8) is 0 Å². The number of fused-ring (bicyclic) bond motifs is 1. The van der Waals surface area contributed by atoms with Crippen LogP contribution >= 0.6 is 0 Å². The smallest absolute Gasteiger partial charge is 0.416 e. The molecule has 0 radical (unpaired) electrons. The van der Waals surface area contributed by atoms with Crippen LogP contribution in [0.25, 0.3) is 0 Å². The van der Waals surface area contributed by atoms with E-state index in [1.54, 1.807) is 19.2 Å². The maximum absolute atomic E-state index is 15.0. The Hall–Kier alpha value is -3.49. The maximum atomic E-state index is 15.0. The SMILES string of the molecule is COc1ccc(N2C[C@@H]3C(c4ccc(N5C[C@@H](N(C)C(=O)O)OC5=O)cc4F)[C@@H]3C2)cc1. The Labute approximate surface area is 184 Å². The number of hydrogen-bond donors (Lipinski definition) is 1. The average molecular weight is 441 g/mol. The molecule has 168 valence electrons. The summed E-state index contributed by atoms with van der Waals surface area (Å²) in [5.41, 5.74) is 2.18. The van der Waals surface area contributed by atoms with Gasteiger partial charge in [0.2, 0.25) is 0 Å². The van der Waals surface area contributed by atoms with Crippen LogP contribution in [0.2, 0.25) is 0 Å². The van der Waals surface area contributed by atoms with Gasteiger partial charge in [0.1, 0.15) is 11.6 Å². The van der Waals surface area contributed by atoms with Crippen LogP contribution < -0.4 is 14.5 Å². The Balaban J connectivity index is 1.25. The normalized spacial score (nSPS) is 26.0. The third-order valence-corrected chi connectivity index (χ3v) is 6.82. The molecule has 32 heavy (non-hydrogen) atoms. The molecular formula is C23H24FN3O5. The van der Waals surface area contributed by atoms with Crippen LogP contribution in [-0.2, 0) is 4.74 Å². The summed E-state index contributed by atoms with van der Waals surface area (Å²) in [6.45, 7) is 1.78. The second-order valence-corrected chi connectivity index (χ2v) is 8.50. The quantitative estimate of drug-likeness (QED) is 0.764. The molecule has 2 aliphatic heterocycles. The van der Waals surface area contributed by atoms with Gasteiger partial charge in [-0.15, -0.1) is 0 Å². The van der Waals surface area contributed by atoms with Crippen molar-refractivity contribution in [2.45, 2.75) is 12.1 Å². The zero-order valence-electron chi connectivity index (χ0n) is 17.8. The molecule has 1 aliphatic carbocycles. The molecule has 9 heteroatoms. The summed E-state index contributed by atoms with van der Waals surface area (Å²) in [5.74, 6) is 1.46. The number of nitrogens with zero attached hydrogens (tertiary/aromatic N) is 3. The number of ether oxygens (including phenoxy) is 2. The van der Waals surface area contributed by atoms with Gasteiger partial charge in [-0.25, -0.2) is 14.0 Å². The number of hydrogen-bond acceptors (Lipinski definition) is 5. The zero-order chi connectivity index (χ0) is 22.6. The molecule has 4 atom stereocenters. The number of carbonyl (C=O) groups is 2. The number of piperidine rings is 1. The van der Waals surface area contributed by atoms with Crippen molar-refractivity contribution in [3.05, 3.63) is 53.8 Å². The predicted octanol–water partition coefficient (Wildman–Crippen LogP) is 3.58. The van der Waals surface area contributed by atoms with E-state index in [2.05, 4.69) is 4.90 Å². The Kier molecular flexibility index (Phi) is 4.83. The van der Waals surface area contributed by atoms with Crippen LogP contribution in [0.3, 0.4) is 0 Å². The third-order valence-electron chi connectivity index (χ3n) is 6.82. The topological polar surface area (TPSA) is 82.6 Å². The van der Waals surface area contributed by atoms with Gasteiger partial charge in [-0.05, 0) is 59.7 Å². The number of amides is 2. The number of carbonyl (C=O) groups excluding carboxylic acids is 1. The molecule has 2 saturated heterocycles. The van der Waals surface area contributed by atoms with Crippen LogP contribution in [-0.4, -0.2) is 62.2 Å². The molecule has 2 aromatic rings. The lowest BCUT2D eigenvalue weighted by molar-refractivity contribution is 0.0415. The minimum absolute atomic E-state index is 0.0198. The Bertz CT molecular complexity index is 1050. The van der Waals surface area contributed by atoms with E-state index in [0.717, 1.165) is 29.4 Å². The van der Waals surface area contributed by atoms with Crippen molar-refractivity contribution >= 4 is 23.6 Å². The second-order valence-electron chi connectivity index (χ2n) is 8.50. The minimum atomic E-state index is -1.20. The number of methoxy groups -OCH3 is 1. The van der Waals surface area contributed by atoms with Crippen molar-refractivity contribution in [2.24, 2.45) is 11.8 Å². The van der Waals surface area contributed by atoms with E-state index in [4.69, 9.17) is 14.6 Å². The first kappa shape index (κ1) is 20.4. The van der Waals surface area contributed by atoms with Crippen LogP contribution in [0, 0.1) is 17.7 Å². The molecule has 3 aliphatic rings. The highest BCUT2D eigenvalue weighted by molar-refractivity contribution is 5.90. The fraction of sp³-hybridized carbons (Fsp3) is 0.391. The van der Waals surface area contributed by atoms with Crippen LogP contribution in [0.1, 0.15) is 11.5 Å². The fourth-order valence-corrected chi connectivity index (χ4v) is 4.93. The van der Waals surface area contributed by atoms with Gasteiger partial charge in [0.25, 0.3) is 0 Å². The first-order chi connectivity index (χ1) is 15.4. The highest BCUT2D eigenvalue weighted by Crippen LogP contribution is 2.59. The fourth-order valence-electron chi connectivity index (χ4n) is 4.93.